The number of nitro groups is 1. The van der Waals surface area contributed by atoms with E-state index in [9.17, 15) is 19.7 Å². The number of ether oxygens (including phenoxy) is 1. The van der Waals surface area contributed by atoms with Crippen LogP contribution in [0, 0.1) is 10.1 Å². The van der Waals surface area contributed by atoms with Crippen LogP contribution in [0.4, 0.5) is 11.5 Å². The highest BCUT2D eigenvalue weighted by Gasteiger charge is 2.15. The third-order valence-corrected chi connectivity index (χ3v) is 3.52. The lowest BCUT2D eigenvalue weighted by Crippen LogP contribution is -2.27. The minimum atomic E-state index is -0.648. The summed E-state index contributed by atoms with van der Waals surface area (Å²) in [4.78, 5) is 33.9. The van der Waals surface area contributed by atoms with Crippen molar-refractivity contribution in [1.82, 2.24) is 15.1 Å². The number of anilines is 1. The van der Waals surface area contributed by atoms with E-state index in [0.29, 0.717) is 18.8 Å². The predicted molar refractivity (Wildman–Crippen MR) is 93.2 cm³/mol. The van der Waals surface area contributed by atoms with Crippen LogP contribution < -0.4 is 10.6 Å². The van der Waals surface area contributed by atoms with Gasteiger partial charge in [-0.15, -0.1) is 0 Å². The highest BCUT2D eigenvalue weighted by Crippen LogP contribution is 2.21. The van der Waals surface area contributed by atoms with Gasteiger partial charge in [0, 0.05) is 19.3 Å². The van der Waals surface area contributed by atoms with E-state index < -0.39 is 10.8 Å². The Morgan fingerprint density at radius 2 is 2.15 bits per heavy atom. The van der Waals surface area contributed by atoms with Crippen LogP contribution in [0.5, 0.6) is 0 Å². The van der Waals surface area contributed by atoms with E-state index >= 15 is 0 Å². The summed E-state index contributed by atoms with van der Waals surface area (Å²) in [5.74, 6) is -1.14. The molecule has 0 spiro atoms. The first-order chi connectivity index (χ1) is 12.4. The van der Waals surface area contributed by atoms with E-state index in [0.717, 1.165) is 4.68 Å². The molecular weight excluding hydrogens is 366 g/mol. The van der Waals surface area contributed by atoms with Gasteiger partial charge in [-0.25, -0.2) is 0 Å². The van der Waals surface area contributed by atoms with Gasteiger partial charge >= 0.3 is 5.82 Å². The van der Waals surface area contributed by atoms with Gasteiger partial charge < -0.3 is 25.5 Å². The summed E-state index contributed by atoms with van der Waals surface area (Å²) < 4.78 is 5.99. The highest BCUT2D eigenvalue weighted by atomic mass is 35.5. The highest BCUT2D eigenvalue weighted by molar-refractivity contribution is 6.34. The molecule has 26 heavy (non-hydrogen) atoms. The zero-order valence-corrected chi connectivity index (χ0v) is 14.5. The number of halogens is 1. The van der Waals surface area contributed by atoms with Crippen molar-refractivity contribution in [2.75, 3.05) is 25.6 Å². The summed E-state index contributed by atoms with van der Waals surface area (Å²) in [7, 11) is 1.53. The first-order valence-electron chi connectivity index (χ1n) is 7.45. The summed E-state index contributed by atoms with van der Waals surface area (Å²) >= 11 is 6.08. The molecule has 1 aromatic carbocycles. The molecule has 138 valence electrons. The van der Waals surface area contributed by atoms with Gasteiger partial charge in [-0.05, 0) is 23.1 Å². The van der Waals surface area contributed by atoms with Gasteiger partial charge in [-0.2, -0.15) is 4.68 Å². The Morgan fingerprint density at radius 1 is 1.38 bits per heavy atom. The van der Waals surface area contributed by atoms with Crippen molar-refractivity contribution in [3.8, 4) is 0 Å². The van der Waals surface area contributed by atoms with Crippen LogP contribution in [-0.4, -0.2) is 46.8 Å². The Labute approximate surface area is 153 Å². The van der Waals surface area contributed by atoms with Gasteiger partial charge in [0.1, 0.15) is 6.54 Å². The summed E-state index contributed by atoms with van der Waals surface area (Å²) in [6, 6.07) is 5.65. The molecule has 2 aromatic rings. The Hall–Kier alpha value is -2.98. The molecule has 0 fully saturated rings. The van der Waals surface area contributed by atoms with Crippen LogP contribution in [0.3, 0.4) is 0 Å². The SMILES string of the molecule is COCCNC(=O)c1ccc(NC(=O)Cn2ccc([N+](=O)[O-])n2)cc1Cl. The fourth-order valence-corrected chi connectivity index (χ4v) is 2.29. The second kappa shape index (κ2) is 8.92. The Kier molecular flexibility index (Phi) is 6.64. The van der Waals surface area contributed by atoms with Crippen molar-refractivity contribution in [3.05, 3.63) is 51.2 Å². The zero-order valence-electron chi connectivity index (χ0n) is 13.8. The average molecular weight is 382 g/mol. The number of nitrogens with zero attached hydrogens (tertiary/aromatic N) is 3. The Morgan fingerprint density at radius 3 is 2.77 bits per heavy atom. The molecule has 1 aromatic heterocycles. The second-order valence-electron chi connectivity index (χ2n) is 5.12. The molecule has 11 heteroatoms. The van der Waals surface area contributed by atoms with Crippen LogP contribution in [0.2, 0.25) is 5.02 Å². The lowest BCUT2D eigenvalue weighted by Gasteiger charge is -2.09. The van der Waals surface area contributed by atoms with Gasteiger partial charge in [0.2, 0.25) is 5.91 Å². The fourth-order valence-electron chi connectivity index (χ4n) is 2.02. The molecule has 0 atom stereocenters. The van der Waals surface area contributed by atoms with Gasteiger partial charge in [-0.1, -0.05) is 11.6 Å². The molecule has 0 unspecified atom stereocenters. The normalized spacial score (nSPS) is 10.4. The van der Waals surface area contributed by atoms with Gasteiger partial charge in [-0.3, -0.25) is 9.59 Å². The maximum atomic E-state index is 12.0. The van der Waals surface area contributed by atoms with E-state index in [2.05, 4.69) is 15.7 Å². The van der Waals surface area contributed by atoms with Crippen LogP contribution in [0.1, 0.15) is 10.4 Å². The molecule has 2 N–H and O–H groups in total. The van der Waals surface area contributed by atoms with Crippen LogP contribution >= 0.6 is 11.6 Å². The zero-order chi connectivity index (χ0) is 19.1. The van der Waals surface area contributed by atoms with E-state index in [4.69, 9.17) is 16.3 Å². The summed E-state index contributed by atoms with van der Waals surface area (Å²) in [6.45, 7) is 0.522. The van der Waals surface area contributed by atoms with Crippen LogP contribution in [0.15, 0.2) is 30.5 Å². The van der Waals surface area contributed by atoms with Crippen molar-refractivity contribution < 1.29 is 19.2 Å². The monoisotopic (exact) mass is 381 g/mol. The van der Waals surface area contributed by atoms with Crippen LogP contribution in [-0.2, 0) is 16.1 Å². The smallest absolute Gasteiger partial charge is 0.383 e. The van der Waals surface area contributed by atoms with Crippen molar-refractivity contribution in [2.45, 2.75) is 6.54 Å². The number of nitrogens with one attached hydrogen (secondary N) is 2. The number of carbonyl (C=O) groups excluding carboxylic acids is 2. The minimum Gasteiger partial charge on any atom is -0.383 e. The average Bonchev–Trinajstić information content (AvgIpc) is 3.03. The number of carbonyl (C=O) groups is 2. The van der Waals surface area contributed by atoms with Gasteiger partial charge in [0.05, 0.1) is 34.6 Å². The summed E-state index contributed by atoms with van der Waals surface area (Å²) in [5.41, 5.74) is 0.651. The Balaban J connectivity index is 1.96. The predicted octanol–water partition coefficient (Wildman–Crippen LogP) is 1.46. The maximum absolute atomic E-state index is 12.0. The molecule has 0 aliphatic heterocycles. The van der Waals surface area contributed by atoms with Crippen molar-refractivity contribution in [1.29, 1.82) is 0 Å². The summed E-state index contributed by atoms with van der Waals surface area (Å²) in [5, 5.41) is 19.6. The first kappa shape index (κ1) is 19.3. The third kappa shape index (κ3) is 5.26. The molecule has 0 aliphatic rings. The van der Waals surface area contributed by atoms with Gasteiger partial charge in [0.25, 0.3) is 5.91 Å². The second-order valence-corrected chi connectivity index (χ2v) is 5.53. The molecule has 0 saturated heterocycles. The van der Waals surface area contributed by atoms with E-state index in [1.165, 1.54) is 37.6 Å². The molecule has 2 amide bonds. The molecule has 0 radical (unpaired) electrons. The third-order valence-electron chi connectivity index (χ3n) is 3.21. The van der Waals surface area contributed by atoms with E-state index in [1.807, 2.05) is 0 Å². The van der Waals surface area contributed by atoms with E-state index in [1.54, 1.807) is 0 Å². The largest absolute Gasteiger partial charge is 0.389 e. The van der Waals surface area contributed by atoms with Crippen molar-refractivity contribution in [3.63, 3.8) is 0 Å². The first-order valence-corrected chi connectivity index (χ1v) is 7.83. The lowest BCUT2D eigenvalue weighted by molar-refractivity contribution is -0.389. The molecule has 1 heterocycles. The van der Waals surface area contributed by atoms with Crippen molar-refractivity contribution in [2.24, 2.45) is 0 Å². The fraction of sp³-hybridized carbons (Fsp3) is 0.267. The molecule has 0 saturated carbocycles. The Bertz CT molecular complexity index is 823. The number of hydrogen-bond donors (Lipinski definition) is 2. The van der Waals surface area contributed by atoms with Crippen molar-refractivity contribution >= 4 is 34.9 Å². The number of amides is 2. The minimum absolute atomic E-state index is 0.174. The molecule has 10 nitrogen and oxygen atoms in total. The lowest BCUT2D eigenvalue weighted by atomic mass is 10.2. The number of hydrogen-bond acceptors (Lipinski definition) is 6. The quantitative estimate of drug-likeness (QED) is 0.404. The number of rotatable bonds is 8. The molecule has 0 bridgehead atoms. The molecule has 2 rings (SSSR count). The topological polar surface area (TPSA) is 128 Å². The van der Waals surface area contributed by atoms with Crippen LogP contribution in [0.25, 0.3) is 0 Å². The van der Waals surface area contributed by atoms with E-state index in [-0.39, 0.29) is 28.9 Å². The standard InChI is InChI=1S/C15H16ClN5O5/c1-26-7-5-17-15(23)11-3-2-10(8-12(11)16)18-14(22)9-20-6-4-13(19-20)21(24)25/h2-4,6,8H,5,7,9H2,1H3,(H,17,23)(H,18,22). The molecule has 0 aliphatic carbocycles. The number of aromatic nitrogens is 2. The number of benzene rings is 1. The van der Waals surface area contributed by atoms with Gasteiger partial charge in [0.15, 0.2) is 0 Å². The maximum Gasteiger partial charge on any atom is 0.389 e. The summed E-state index contributed by atoms with van der Waals surface area (Å²) in [6.07, 6.45) is 1.33. The molecular formula is C15H16ClN5O5. The number of methoxy groups -OCH3 is 1.